The lowest BCUT2D eigenvalue weighted by atomic mass is 9.89. The van der Waals surface area contributed by atoms with E-state index < -0.39 is 0 Å². The largest absolute Gasteiger partial charge is 0.378 e. The fraction of sp³-hybridized carbons (Fsp3) is 0.625. The monoisotopic (exact) mass is 262 g/mol. The van der Waals surface area contributed by atoms with Crippen molar-refractivity contribution in [3.8, 4) is 0 Å². The van der Waals surface area contributed by atoms with E-state index in [-0.39, 0.29) is 0 Å². The molecule has 0 saturated carbocycles. The molecular weight excluding hydrogens is 236 g/mol. The highest BCUT2D eigenvalue weighted by Crippen LogP contribution is 2.30. The quantitative estimate of drug-likeness (QED) is 0.904. The lowest BCUT2D eigenvalue weighted by Gasteiger charge is -2.37. The molecule has 106 valence electrons. The predicted octanol–water partition coefficient (Wildman–Crippen LogP) is 2.20. The molecule has 19 heavy (non-hydrogen) atoms. The van der Waals surface area contributed by atoms with Crippen molar-refractivity contribution < 1.29 is 4.74 Å². The number of ether oxygens (including phenoxy) is 1. The van der Waals surface area contributed by atoms with Crippen LogP contribution in [0.25, 0.3) is 0 Å². The number of hydrogen-bond acceptors (Lipinski definition) is 3. The molecule has 2 atom stereocenters. The van der Waals surface area contributed by atoms with Gasteiger partial charge >= 0.3 is 0 Å². The number of aryl methyl sites for hydroxylation is 3. The van der Waals surface area contributed by atoms with E-state index in [9.17, 15) is 0 Å². The topological polar surface area (TPSA) is 24.5 Å². The van der Waals surface area contributed by atoms with E-state index in [1.807, 2.05) is 0 Å². The first-order valence-corrected chi connectivity index (χ1v) is 7.06. The van der Waals surface area contributed by atoms with Crippen molar-refractivity contribution >= 4 is 0 Å². The molecule has 2 rings (SSSR count). The van der Waals surface area contributed by atoms with E-state index in [4.69, 9.17) is 4.74 Å². The van der Waals surface area contributed by atoms with E-state index >= 15 is 0 Å². The fourth-order valence-corrected chi connectivity index (χ4v) is 3.27. The Morgan fingerprint density at radius 3 is 2.32 bits per heavy atom. The first kappa shape index (κ1) is 14.5. The summed E-state index contributed by atoms with van der Waals surface area (Å²) in [6.07, 6.45) is 0. The van der Waals surface area contributed by atoms with Gasteiger partial charge in [-0.3, -0.25) is 0 Å². The molecule has 1 fully saturated rings. The minimum Gasteiger partial charge on any atom is -0.378 e. The summed E-state index contributed by atoms with van der Waals surface area (Å²) in [5.41, 5.74) is 5.54. The molecular formula is C16H26N2O. The van der Waals surface area contributed by atoms with E-state index in [1.54, 1.807) is 0 Å². The Bertz CT molecular complexity index is 413. The molecule has 0 aromatic heterocycles. The van der Waals surface area contributed by atoms with Crippen molar-refractivity contribution in [3.05, 3.63) is 34.4 Å². The predicted molar refractivity (Wildman–Crippen MR) is 79.7 cm³/mol. The lowest BCUT2D eigenvalue weighted by molar-refractivity contribution is 0.0456. The summed E-state index contributed by atoms with van der Waals surface area (Å²) in [5.74, 6) is 0. The summed E-state index contributed by atoms with van der Waals surface area (Å²) in [6.45, 7) is 9.15. The maximum absolute atomic E-state index is 5.65. The number of likely N-dealkylation sites (N-methyl/N-ethyl adjacent to an activating group) is 1. The maximum atomic E-state index is 5.65. The van der Waals surface area contributed by atoms with Crippen LogP contribution in [0.1, 0.15) is 28.3 Å². The molecule has 0 amide bonds. The summed E-state index contributed by atoms with van der Waals surface area (Å²) < 4.78 is 5.65. The van der Waals surface area contributed by atoms with Gasteiger partial charge in [0.1, 0.15) is 0 Å². The second kappa shape index (κ2) is 6.04. The van der Waals surface area contributed by atoms with Crippen molar-refractivity contribution in [2.24, 2.45) is 0 Å². The molecule has 1 N–H and O–H groups in total. The van der Waals surface area contributed by atoms with E-state index in [0.29, 0.717) is 12.1 Å². The van der Waals surface area contributed by atoms with Crippen molar-refractivity contribution in [3.63, 3.8) is 0 Å². The van der Waals surface area contributed by atoms with Crippen molar-refractivity contribution in [2.75, 3.05) is 33.9 Å². The van der Waals surface area contributed by atoms with E-state index in [0.717, 1.165) is 19.8 Å². The normalized spacial score (nSPS) is 21.7. The van der Waals surface area contributed by atoms with Crippen molar-refractivity contribution in [2.45, 2.75) is 32.9 Å². The Balaban J connectivity index is 2.38. The fourth-order valence-electron chi connectivity index (χ4n) is 3.27. The van der Waals surface area contributed by atoms with Gasteiger partial charge in [0, 0.05) is 6.54 Å². The molecule has 0 bridgehead atoms. The molecule has 1 aliphatic heterocycles. The van der Waals surface area contributed by atoms with Crippen LogP contribution in [-0.4, -0.2) is 44.8 Å². The zero-order valence-electron chi connectivity index (χ0n) is 12.8. The second-order valence-corrected chi connectivity index (χ2v) is 5.86. The first-order chi connectivity index (χ1) is 9.00. The Kier molecular flexibility index (Phi) is 4.61. The summed E-state index contributed by atoms with van der Waals surface area (Å²) in [5, 5.41) is 3.60. The number of nitrogens with zero attached hydrogens (tertiary/aromatic N) is 1. The highest BCUT2D eigenvalue weighted by molar-refractivity contribution is 5.40. The second-order valence-electron chi connectivity index (χ2n) is 5.86. The van der Waals surface area contributed by atoms with Gasteiger partial charge in [-0.05, 0) is 51.6 Å². The number of hydrogen-bond donors (Lipinski definition) is 1. The van der Waals surface area contributed by atoms with Gasteiger partial charge in [0.15, 0.2) is 0 Å². The van der Waals surface area contributed by atoms with Gasteiger partial charge in [-0.1, -0.05) is 17.7 Å². The molecule has 3 heteroatoms. The molecule has 1 aliphatic rings. The zero-order valence-corrected chi connectivity index (χ0v) is 12.8. The average molecular weight is 262 g/mol. The molecule has 0 radical (unpaired) electrons. The smallest absolute Gasteiger partial charge is 0.0639 e. The SMILES string of the molecule is Cc1cc(C)c(C(C2COCCN2)N(C)C)c(C)c1. The summed E-state index contributed by atoms with van der Waals surface area (Å²) in [6, 6.07) is 5.29. The number of morpholine rings is 1. The third-order valence-corrected chi connectivity index (χ3v) is 3.92. The molecule has 1 saturated heterocycles. The van der Waals surface area contributed by atoms with Crippen LogP contribution in [0.4, 0.5) is 0 Å². The molecule has 1 heterocycles. The van der Waals surface area contributed by atoms with Crippen LogP contribution in [0, 0.1) is 20.8 Å². The first-order valence-electron chi connectivity index (χ1n) is 7.06. The molecule has 0 spiro atoms. The molecule has 1 aromatic carbocycles. The summed E-state index contributed by atoms with van der Waals surface area (Å²) in [4.78, 5) is 2.30. The highest BCUT2D eigenvalue weighted by Gasteiger charge is 2.29. The van der Waals surface area contributed by atoms with Crippen molar-refractivity contribution in [1.29, 1.82) is 0 Å². The number of nitrogens with one attached hydrogen (secondary N) is 1. The minimum atomic E-state index is 0.362. The Labute approximate surface area is 116 Å². The average Bonchev–Trinajstić information content (AvgIpc) is 2.34. The highest BCUT2D eigenvalue weighted by atomic mass is 16.5. The Hall–Kier alpha value is -0.900. The zero-order chi connectivity index (χ0) is 14.0. The van der Waals surface area contributed by atoms with Gasteiger partial charge in [0.2, 0.25) is 0 Å². The van der Waals surface area contributed by atoms with Gasteiger partial charge < -0.3 is 15.0 Å². The Morgan fingerprint density at radius 1 is 1.21 bits per heavy atom. The van der Waals surface area contributed by atoms with Crippen LogP contribution < -0.4 is 5.32 Å². The third-order valence-electron chi connectivity index (χ3n) is 3.92. The van der Waals surface area contributed by atoms with Gasteiger partial charge in [-0.25, -0.2) is 0 Å². The summed E-state index contributed by atoms with van der Waals surface area (Å²) >= 11 is 0. The number of rotatable bonds is 3. The van der Waals surface area contributed by atoms with Crippen LogP contribution in [0.2, 0.25) is 0 Å². The van der Waals surface area contributed by atoms with Crippen molar-refractivity contribution in [1.82, 2.24) is 10.2 Å². The third kappa shape index (κ3) is 3.16. The van der Waals surface area contributed by atoms with E-state index in [1.165, 1.54) is 22.3 Å². The van der Waals surface area contributed by atoms with Crippen LogP contribution >= 0.6 is 0 Å². The maximum Gasteiger partial charge on any atom is 0.0639 e. The lowest BCUT2D eigenvalue weighted by Crippen LogP contribution is -2.49. The Morgan fingerprint density at radius 2 is 1.84 bits per heavy atom. The van der Waals surface area contributed by atoms with E-state index in [2.05, 4.69) is 57.2 Å². The van der Waals surface area contributed by atoms with Gasteiger partial charge in [0.25, 0.3) is 0 Å². The standard InChI is InChI=1S/C16H26N2O/c1-11-8-12(2)15(13(3)9-11)16(18(4)5)14-10-19-7-6-17-14/h8-9,14,16-17H,6-7,10H2,1-5H3. The van der Waals surface area contributed by atoms with Crippen LogP contribution in [0.15, 0.2) is 12.1 Å². The van der Waals surface area contributed by atoms with Gasteiger partial charge in [0.05, 0.1) is 25.3 Å². The summed E-state index contributed by atoms with van der Waals surface area (Å²) in [7, 11) is 4.30. The molecule has 2 unspecified atom stereocenters. The molecule has 1 aromatic rings. The molecule has 3 nitrogen and oxygen atoms in total. The van der Waals surface area contributed by atoms with Gasteiger partial charge in [-0.2, -0.15) is 0 Å². The van der Waals surface area contributed by atoms with Crippen LogP contribution in [0.3, 0.4) is 0 Å². The van der Waals surface area contributed by atoms with Gasteiger partial charge in [-0.15, -0.1) is 0 Å². The number of benzene rings is 1. The van der Waals surface area contributed by atoms with Crippen LogP contribution in [0.5, 0.6) is 0 Å². The minimum absolute atomic E-state index is 0.362. The van der Waals surface area contributed by atoms with Crippen LogP contribution in [-0.2, 0) is 4.74 Å². The molecule has 0 aliphatic carbocycles.